The summed E-state index contributed by atoms with van der Waals surface area (Å²) in [7, 11) is 0. The summed E-state index contributed by atoms with van der Waals surface area (Å²) in [6.07, 6.45) is 0. The van der Waals surface area contributed by atoms with Crippen LogP contribution in [0.4, 0.5) is 0 Å². The molecule has 0 saturated carbocycles. The summed E-state index contributed by atoms with van der Waals surface area (Å²) >= 11 is 0. The molecule has 0 saturated heterocycles. The third kappa shape index (κ3) is 6.92. The van der Waals surface area contributed by atoms with Crippen LogP contribution in [0.1, 0.15) is 0 Å². The minimum atomic E-state index is 0.623. The average Bonchev–Trinajstić information content (AvgIpc) is 3.36. The van der Waals surface area contributed by atoms with E-state index in [4.69, 9.17) is 15.0 Å². The molecule has 0 aliphatic rings. The standard InChI is InChI=1S/C59H39N3/c1-4-16-40(17-5-1)43-28-34-46(35-29-43)49-22-10-11-23-50(49)55-51-24-12-14-26-53(51)56(54-27-15-13-25-52(54)55)59-61-57(47-36-30-44(31-37-47)41-18-6-2-7-19-41)60-58(62-59)48-38-32-45(33-39-48)42-20-8-3-9-21-42/h1-39H. The van der Waals surface area contributed by atoms with Gasteiger partial charge in [0.1, 0.15) is 0 Å². The van der Waals surface area contributed by atoms with Crippen LogP contribution in [-0.2, 0) is 0 Å². The molecule has 0 fully saturated rings. The molecule has 3 nitrogen and oxygen atoms in total. The summed E-state index contributed by atoms with van der Waals surface area (Å²) in [6, 6.07) is 83.6. The predicted octanol–water partition coefficient (Wildman–Crippen LogP) is 15.5. The highest BCUT2D eigenvalue weighted by Crippen LogP contribution is 2.46. The van der Waals surface area contributed by atoms with Gasteiger partial charge in [0.2, 0.25) is 0 Å². The van der Waals surface area contributed by atoms with Crippen LogP contribution in [-0.4, -0.2) is 15.0 Å². The Morgan fingerprint density at radius 2 is 0.452 bits per heavy atom. The first-order chi connectivity index (χ1) is 30.7. The molecule has 3 heteroatoms. The van der Waals surface area contributed by atoms with Crippen LogP contribution >= 0.6 is 0 Å². The Morgan fingerprint density at radius 1 is 0.177 bits per heavy atom. The predicted molar refractivity (Wildman–Crippen MR) is 258 cm³/mol. The Bertz CT molecular complexity index is 3190. The van der Waals surface area contributed by atoms with Crippen LogP contribution in [0.3, 0.4) is 0 Å². The first-order valence-electron chi connectivity index (χ1n) is 21.0. The molecule has 10 aromatic carbocycles. The lowest BCUT2D eigenvalue weighted by atomic mass is 9.85. The van der Waals surface area contributed by atoms with Gasteiger partial charge in [0, 0.05) is 16.7 Å². The van der Waals surface area contributed by atoms with E-state index < -0.39 is 0 Å². The average molecular weight is 790 g/mol. The zero-order valence-corrected chi connectivity index (χ0v) is 33.9. The molecule has 0 atom stereocenters. The first-order valence-corrected chi connectivity index (χ1v) is 21.0. The third-order valence-electron chi connectivity index (χ3n) is 11.8. The number of rotatable bonds is 8. The van der Waals surface area contributed by atoms with Gasteiger partial charge in [-0.3, -0.25) is 0 Å². The van der Waals surface area contributed by atoms with Gasteiger partial charge in [0.15, 0.2) is 17.5 Å². The Balaban J connectivity index is 1.10. The van der Waals surface area contributed by atoms with Crippen molar-refractivity contribution in [3.05, 3.63) is 237 Å². The van der Waals surface area contributed by atoms with Gasteiger partial charge >= 0.3 is 0 Å². The molecule has 11 aromatic rings. The summed E-state index contributed by atoms with van der Waals surface area (Å²) in [5.74, 6) is 1.88. The molecule has 62 heavy (non-hydrogen) atoms. The third-order valence-corrected chi connectivity index (χ3v) is 11.8. The molecular weight excluding hydrogens is 751 g/mol. The highest BCUT2D eigenvalue weighted by molar-refractivity contribution is 6.22. The monoisotopic (exact) mass is 789 g/mol. The number of hydrogen-bond acceptors (Lipinski definition) is 3. The van der Waals surface area contributed by atoms with Gasteiger partial charge in [0.25, 0.3) is 0 Å². The fourth-order valence-corrected chi connectivity index (χ4v) is 8.72. The second kappa shape index (κ2) is 16.1. The summed E-state index contributed by atoms with van der Waals surface area (Å²) < 4.78 is 0. The number of benzene rings is 10. The molecule has 0 N–H and O–H groups in total. The van der Waals surface area contributed by atoms with Gasteiger partial charge in [-0.05, 0) is 77.2 Å². The second-order valence-corrected chi connectivity index (χ2v) is 15.5. The topological polar surface area (TPSA) is 38.7 Å². The number of aromatic nitrogens is 3. The molecule has 290 valence electrons. The van der Waals surface area contributed by atoms with Crippen LogP contribution in [0.5, 0.6) is 0 Å². The lowest BCUT2D eigenvalue weighted by Gasteiger charge is -2.19. The van der Waals surface area contributed by atoms with Gasteiger partial charge in [-0.1, -0.05) is 237 Å². The van der Waals surface area contributed by atoms with Crippen LogP contribution in [0.25, 0.3) is 111 Å². The molecule has 0 amide bonds. The Morgan fingerprint density at radius 3 is 0.855 bits per heavy atom. The highest BCUT2D eigenvalue weighted by atomic mass is 15.0. The number of hydrogen-bond donors (Lipinski definition) is 0. The van der Waals surface area contributed by atoms with Crippen LogP contribution in [0.15, 0.2) is 237 Å². The van der Waals surface area contributed by atoms with E-state index in [1.807, 2.05) is 12.1 Å². The van der Waals surface area contributed by atoms with Gasteiger partial charge in [-0.15, -0.1) is 0 Å². The van der Waals surface area contributed by atoms with Gasteiger partial charge in [0.05, 0.1) is 0 Å². The van der Waals surface area contributed by atoms with Crippen molar-refractivity contribution in [2.24, 2.45) is 0 Å². The van der Waals surface area contributed by atoms with Crippen LogP contribution in [0, 0.1) is 0 Å². The van der Waals surface area contributed by atoms with E-state index in [9.17, 15) is 0 Å². The van der Waals surface area contributed by atoms with Gasteiger partial charge in [-0.25, -0.2) is 15.0 Å². The molecule has 0 unspecified atom stereocenters. The number of fused-ring (bicyclic) bond motifs is 2. The van der Waals surface area contributed by atoms with Gasteiger partial charge in [-0.2, -0.15) is 0 Å². The summed E-state index contributed by atoms with van der Waals surface area (Å²) in [5.41, 5.74) is 14.5. The van der Waals surface area contributed by atoms with Crippen molar-refractivity contribution >= 4 is 21.5 Å². The van der Waals surface area contributed by atoms with E-state index >= 15 is 0 Å². The molecule has 1 heterocycles. The molecule has 0 aliphatic carbocycles. The maximum absolute atomic E-state index is 5.35. The normalized spacial score (nSPS) is 11.2. The van der Waals surface area contributed by atoms with E-state index in [0.29, 0.717) is 17.5 Å². The maximum Gasteiger partial charge on any atom is 0.165 e. The first kappa shape index (κ1) is 36.8. The van der Waals surface area contributed by atoms with E-state index in [2.05, 4.69) is 224 Å². The van der Waals surface area contributed by atoms with Crippen molar-refractivity contribution < 1.29 is 0 Å². The summed E-state index contributed by atoms with van der Waals surface area (Å²) in [4.78, 5) is 15.9. The number of nitrogens with zero attached hydrogens (tertiary/aromatic N) is 3. The Kier molecular flexibility index (Phi) is 9.53. The molecule has 1 aromatic heterocycles. The molecule has 0 bridgehead atoms. The zero-order valence-electron chi connectivity index (χ0n) is 33.9. The fraction of sp³-hybridized carbons (Fsp3) is 0. The van der Waals surface area contributed by atoms with Crippen LogP contribution < -0.4 is 0 Å². The zero-order chi connectivity index (χ0) is 41.2. The van der Waals surface area contributed by atoms with Crippen LogP contribution in [0.2, 0.25) is 0 Å². The van der Waals surface area contributed by atoms with E-state index in [0.717, 1.165) is 49.4 Å². The minimum Gasteiger partial charge on any atom is -0.208 e. The van der Waals surface area contributed by atoms with E-state index in [-0.39, 0.29) is 0 Å². The smallest absolute Gasteiger partial charge is 0.165 e. The molecular formula is C59H39N3. The highest BCUT2D eigenvalue weighted by Gasteiger charge is 2.22. The quantitative estimate of drug-likeness (QED) is 0.144. The minimum absolute atomic E-state index is 0.623. The van der Waals surface area contributed by atoms with Crippen molar-refractivity contribution in [2.45, 2.75) is 0 Å². The van der Waals surface area contributed by atoms with Gasteiger partial charge < -0.3 is 0 Å². The SMILES string of the molecule is c1ccc(-c2ccc(-c3nc(-c4ccc(-c5ccccc5)cc4)nc(-c4c5ccccc5c(-c5ccccc5-c5ccc(-c6ccccc6)cc5)c5ccccc45)n3)cc2)cc1. The van der Waals surface area contributed by atoms with Crippen molar-refractivity contribution in [3.8, 4) is 89.8 Å². The maximum atomic E-state index is 5.35. The fourth-order valence-electron chi connectivity index (χ4n) is 8.72. The summed E-state index contributed by atoms with van der Waals surface area (Å²) in [5, 5.41) is 4.43. The molecule has 0 radical (unpaired) electrons. The molecule has 0 spiro atoms. The lowest BCUT2D eigenvalue weighted by Crippen LogP contribution is -2.02. The molecule has 11 rings (SSSR count). The Hall–Kier alpha value is -8.27. The second-order valence-electron chi connectivity index (χ2n) is 15.5. The lowest BCUT2D eigenvalue weighted by molar-refractivity contribution is 1.08. The Labute approximate surface area is 361 Å². The largest absolute Gasteiger partial charge is 0.208 e. The van der Waals surface area contributed by atoms with Crippen molar-refractivity contribution in [1.29, 1.82) is 0 Å². The van der Waals surface area contributed by atoms with E-state index in [1.165, 1.54) is 44.5 Å². The molecule has 0 aliphatic heterocycles. The van der Waals surface area contributed by atoms with Crippen molar-refractivity contribution in [3.63, 3.8) is 0 Å². The van der Waals surface area contributed by atoms with E-state index in [1.54, 1.807) is 0 Å². The summed E-state index contributed by atoms with van der Waals surface area (Å²) in [6.45, 7) is 0. The van der Waals surface area contributed by atoms with Crippen molar-refractivity contribution in [1.82, 2.24) is 15.0 Å². The van der Waals surface area contributed by atoms with Crippen molar-refractivity contribution in [2.75, 3.05) is 0 Å².